The lowest BCUT2D eigenvalue weighted by Gasteiger charge is -2.06. The van der Waals surface area contributed by atoms with E-state index < -0.39 is 12.3 Å². The molecule has 6 nitrogen and oxygen atoms in total. The number of hydrogen-bond acceptors (Lipinski definition) is 3. The van der Waals surface area contributed by atoms with Gasteiger partial charge in [-0.25, -0.2) is 22.7 Å². The number of fused-ring (bicyclic) bond motifs is 2. The van der Waals surface area contributed by atoms with E-state index in [0.29, 0.717) is 18.7 Å². The Morgan fingerprint density at radius 2 is 2.07 bits per heavy atom. The fraction of sp³-hybridized carbons (Fsp3) is 0.250. The maximum Gasteiger partial charge on any atom is 0.280 e. The van der Waals surface area contributed by atoms with Crippen molar-refractivity contribution < 1.29 is 18.0 Å². The molecule has 1 aromatic carbocycles. The van der Waals surface area contributed by atoms with Gasteiger partial charge in [0, 0.05) is 36.4 Å². The third kappa shape index (κ3) is 3.43. The van der Waals surface area contributed by atoms with Crippen molar-refractivity contribution in [2.45, 2.75) is 19.8 Å². The van der Waals surface area contributed by atoms with Crippen molar-refractivity contribution in [3.63, 3.8) is 0 Å². The van der Waals surface area contributed by atoms with Gasteiger partial charge in [0.1, 0.15) is 17.1 Å². The number of amides is 1. The zero-order valence-corrected chi connectivity index (χ0v) is 15.8. The van der Waals surface area contributed by atoms with Crippen LogP contribution in [-0.4, -0.2) is 31.6 Å². The molecule has 150 valence electrons. The highest BCUT2D eigenvalue weighted by atomic mass is 19.3. The highest BCUT2D eigenvalue weighted by molar-refractivity contribution is 5.99. The molecule has 0 atom stereocenters. The van der Waals surface area contributed by atoms with E-state index in [1.54, 1.807) is 13.0 Å². The molecule has 3 aromatic heterocycles. The van der Waals surface area contributed by atoms with E-state index in [9.17, 15) is 18.0 Å². The van der Waals surface area contributed by atoms with Crippen molar-refractivity contribution in [2.24, 2.45) is 7.05 Å². The van der Waals surface area contributed by atoms with Crippen LogP contribution < -0.4 is 5.32 Å². The molecule has 0 fully saturated rings. The van der Waals surface area contributed by atoms with Crippen molar-refractivity contribution in [2.75, 3.05) is 6.54 Å². The minimum absolute atomic E-state index is 0.0880. The molecule has 1 amide bonds. The number of carbonyl (C=O) groups is 1. The number of rotatable bonds is 5. The third-order valence-corrected chi connectivity index (χ3v) is 4.81. The fourth-order valence-electron chi connectivity index (χ4n) is 3.48. The molecule has 4 rings (SSSR count). The van der Waals surface area contributed by atoms with E-state index in [1.807, 2.05) is 17.8 Å². The zero-order valence-electron chi connectivity index (χ0n) is 15.8. The number of halogens is 3. The number of benzene rings is 1. The second-order valence-electron chi connectivity index (χ2n) is 6.85. The molecule has 0 aliphatic carbocycles. The molecule has 0 saturated heterocycles. The summed E-state index contributed by atoms with van der Waals surface area (Å²) < 4.78 is 42.9. The van der Waals surface area contributed by atoms with Crippen LogP contribution in [0.3, 0.4) is 0 Å². The quantitative estimate of drug-likeness (QED) is 0.556. The summed E-state index contributed by atoms with van der Waals surface area (Å²) >= 11 is 0. The predicted octanol–water partition coefficient (Wildman–Crippen LogP) is 3.58. The first kappa shape index (κ1) is 19.0. The lowest BCUT2D eigenvalue weighted by atomic mass is 10.1. The molecule has 29 heavy (non-hydrogen) atoms. The molecule has 4 aromatic rings. The molecule has 0 unspecified atom stereocenters. The molecule has 9 heteroatoms. The first-order valence-electron chi connectivity index (χ1n) is 9.00. The average molecular weight is 401 g/mol. The van der Waals surface area contributed by atoms with E-state index in [0.717, 1.165) is 21.0 Å². The summed E-state index contributed by atoms with van der Waals surface area (Å²) in [6.45, 7) is 1.87. The van der Waals surface area contributed by atoms with Gasteiger partial charge in [0.15, 0.2) is 5.65 Å². The number of alkyl halides is 2. The number of hydrogen-bond donors (Lipinski definition) is 1. The smallest absolute Gasteiger partial charge is 0.280 e. The van der Waals surface area contributed by atoms with Crippen LogP contribution in [0.1, 0.15) is 33.7 Å². The van der Waals surface area contributed by atoms with Crippen molar-refractivity contribution in [1.29, 1.82) is 0 Å². The molecule has 1 N–H and O–H groups in total. The summed E-state index contributed by atoms with van der Waals surface area (Å²) in [7, 11) is 1.87. The van der Waals surface area contributed by atoms with E-state index in [-0.39, 0.29) is 22.7 Å². The number of aryl methyl sites for hydroxylation is 2. The summed E-state index contributed by atoms with van der Waals surface area (Å²) in [5, 5.41) is 7.44. The van der Waals surface area contributed by atoms with Gasteiger partial charge in [-0.2, -0.15) is 5.10 Å². The van der Waals surface area contributed by atoms with Gasteiger partial charge in [-0.3, -0.25) is 4.79 Å². The maximum absolute atomic E-state index is 13.6. The summed E-state index contributed by atoms with van der Waals surface area (Å²) in [4.78, 5) is 16.7. The van der Waals surface area contributed by atoms with Gasteiger partial charge in [-0.15, -0.1) is 0 Å². The number of nitrogens with zero attached hydrogens (tertiary/aromatic N) is 4. The molecule has 0 bridgehead atoms. The van der Waals surface area contributed by atoms with Crippen LogP contribution in [0.15, 0.2) is 36.7 Å². The topological polar surface area (TPSA) is 64.2 Å². The highest BCUT2D eigenvalue weighted by Crippen LogP contribution is 2.23. The molecule has 0 saturated carbocycles. The van der Waals surface area contributed by atoms with Crippen LogP contribution in [0.25, 0.3) is 16.6 Å². The van der Waals surface area contributed by atoms with E-state index >= 15 is 0 Å². The van der Waals surface area contributed by atoms with Gasteiger partial charge in [0.05, 0.1) is 6.20 Å². The van der Waals surface area contributed by atoms with Gasteiger partial charge in [0.2, 0.25) is 0 Å². The van der Waals surface area contributed by atoms with Crippen molar-refractivity contribution in [3.05, 3.63) is 65.0 Å². The molecule has 0 aliphatic heterocycles. The Balaban J connectivity index is 1.53. The Morgan fingerprint density at radius 1 is 1.28 bits per heavy atom. The lowest BCUT2D eigenvalue weighted by Crippen LogP contribution is -2.25. The molecule has 0 spiro atoms. The van der Waals surface area contributed by atoms with E-state index in [1.165, 1.54) is 24.4 Å². The SMILES string of the molecule is Cc1cc(C(F)F)n2ncc(C(=O)NCCc3cn(C)c4ccc(F)cc34)c2n1. The standard InChI is InChI=1S/C20H18F3N5O/c1-11-7-17(18(22)23)28-19(26-11)15(9-25-28)20(29)24-6-5-12-10-27(2)16-4-3-13(21)8-14(12)16/h3-4,7-10,18H,5-6H2,1-2H3,(H,24,29). The third-order valence-electron chi connectivity index (χ3n) is 4.81. The largest absolute Gasteiger partial charge is 0.352 e. The Labute approximate surface area is 164 Å². The second kappa shape index (κ2) is 7.23. The Hall–Kier alpha value is -3.36. The molecule has 0 aliphatic rings. The Kier molecular flexibility index (Phi) is 4.73. The van der Waals surface area contributed by atoms with Gasteiger partial charge in [-0.05, 0) is 43.2 Å². The summed E-state index contributed by atoms with van der Waals surface area (Å²) in [6, 6.07) is 5.82. The molecule has 0 radical (unpaired) electrons. The summed E-state index contributed by atoms with van der Waals surface area (Å²) in [5.41, 5.74) is 2.07. The molecular formula is C20H18F3N5O. The summed E-state index contributed by atoms with van der Waals surface area (Å²) in [6.07, 6.45) is 0.879. The van der Waals surface area contributed by atoms with Crippen LogP contribution in [0.5, 0.6) is 0 Å². The van der Waals surface area contributed by atoms with Crippen molar-refractivity contribution in [1.82, 2.24) is 24.5 Å². The molecular weight excluding hydrogens is 383 g/mol. The van der Waals surface area contributed by atoms with Gasteiger partial charge in [0.25, 0.3) is 12.3 Å². The van der Waals surface area contributed by atoms with Crippen LogP contribution in [0.4, 0.5) is 13.2 Å². The lowest BCUT2D eigenvalue weighted by molar-refractivity contribution is 0.0955. The zero-order chi connectivity index (χ0) is 20.7. The second-order valence-corrected chi connectivity index (χ2v) is 6.85. The van der Waals surface area contributed by atoms with Crippen LogP contribution in [0, 0.1) is 12.7 Å². The first-order chi connectivity index (χ1) is 13.8. The van der Waals surface area contributed by atoms with E-state index in [4.69, 9.17) is 0 Å². The van der Waals surface area contributed by atoms with E-state index in [2.05, 4.69) is 15.4 Å². The first-order valence-corrected chi connectivity index (χ1v) is 9.00. The molecule has 3 heterocycles. The van der Waals surface area contributed by atoms with Crippen molar-refractivity contribution in [3.8, 4) is 0 Å². The monoisotopic (exact) mass is 401 g/mol. The number of carbonyl (C=O) groups excluding carboxylic acids is 1. The maximum atomic E-state index is 13.6. The fourth-order valence-corrected chi connectivity index (χ4v) is 3.48. The average Bonchev–Trinajstić information content (AvgIpc) is 3.22. The number of nitrogens with one attached hydrogen (secondary N) is 1. The minimum Gasteiger partial charge on any atom is -0.352 e. The van der Waals surface area contributed by atoms with Gasteiger partial charge in [-0.1, -0.05) is 0 Å². The van der Waals surface area contributed by atoms with Crippen LogP contribution >= 0.6 is 0 Å². The normalized spacial score (nSPS) is 11.7. The highest BCUT2D eigenvalue weighted by Gasteiger charge is 2.20. The predicted molar refractivity (Wildman–Crippen MR) is 102 cm³/mol. The Bertz CT molecular complexity index is 1230. The van der Waals surface area contributed by atoms with Gasteiger partial charge < -0.3 is 9.88 Å². The van der Waals surface area contributed by atoms with Crippen LogP contribution in [0.2, 0.25) is 0 Å². The van der Waals surface area contributed by atoms with Crippen molar-refractivity contribution >= 4 is 22.5 Å². The van der Waals surface area contributed by atoms with Crippen LogP contribution in [-0.2, 0) is 13.5 Å². The summed E-state index contributed by atoms with van der Waals surface area (Å²) in [5.74, 6) is -0.777. The minimum atomic E-state index is -2.73. The Morgan fingerprint density at radius 3 is 2.83 bits per heavy atom. The van der Waals surface area contributed by atoms with Gasteiger partial charge >= 0.3 is 0 Å². The number of aromatic nitrogens is 4.